The van der Waals surface area contributed by atoms with Crippen molar-refractivity contribution in [3.8, 4) is 0 Å². The highest BCUT2D eigenvalue weighted by atomic mass is 19.1. The number of carbonyl (C=O) groups is 1. The molecule has 0 radical (unpaired) electrons. The Hall–Kier alpha value is -2.69. The Morgan fingerprint density at radius 1 is 1.19 bits per heavy atom. The molecule has 3 aromatic rings. The first-order valence-corrected chi connectivity index (χ1v) is 6.54. The first kappa shape index (κ1) is 13.3. The van der Waals surface area contributed by atoms with Crippen LogP contribution in [0.1, 0.15) is 16.2 Å². The number of hydrogen-bond donors (Lipinski definition) is 1. The zero-order chi connectivity index (χ0) is 15.0. The van der Waals surface area contributed by atoms with Crippen LogP contribution in [-0.2, 0) is 7.05 Å². The average molecular weight is 283 g/mol. The van der Waals surface area contributed by atoms with E-state index >= 15 is 0 Å². The third-order valence-corrected chi connectivity index (χ3v) is 3.47. The van der Waals surface area contributed by atoms with Gasteiger partial charge >= 0.3 is 0 Å². The number of aryl methyl sites for hydroxylation is 2. The molecule has 0 saturated heterocycles. The molecule has 0 aliphatic carbocycles. The van der Waals surface area contributed by atoms with Crippen molar-refractivity contribution in [2.24, 2.45) is 7.05 Å². The van der Waals surface area contributed by atoms with E-state index in [1.54, 1.807) is 0 Å². The van der Waals surface area contributed by atoms with E-state index in [2.05, 4.69) is 10.3 Å². The number of benzene rings is 2. The Kier molecular flexibility index (Phi) is 3.17. The molecule has 1 N–H and O–H groups in total. The van der Waals surface area contributed by atoms with E-state index in [0.717, 1.165) is 16.9 Å². The molecule has 4 nitrogen and oxygen atoms in total. The predicted molar refractivity (Wildman–Crippen MR) is 79.8 cm³/mol. The van der Waals surface area contributed by atoms with Gasteiger partial charge in [-0.25, -0.2) is 9.37 Å². The van der Waals surface area contributed by atoms with Crippen LogP contribution in [0.4, 0.5) is 10.1 Å². The van der Waals surface area contributed by atoms with Gasteiger partial charge < -0.3 is 9.88 Å². The van der Waals surface area contributed by atoms with Gasteiger partial charge in [0, 0.05) is 18.3 Å². The van der Waals surface area contributed by atoms with Crippen LogP contribution < -0.4 is 5.32 Å². The van der Waals surface area contributed by atoms with Crippen LogP contribution in [0.2, 0.25) is 0 Å². The molecule has 0 aliphatic heterocycles. The summed E-state index contributed by atoms with van der Waals surface area (Å²) in [6.07, 6.45) is 0. The Morgan fingerprint density at radius 3 is 2.62 bits per heavy atom. The summed E-state index contributed by atoms with van der Waals surface area (Å²) in [5.74, 6) is 0.269. The van der Waals surface area contributed by atoms with Gasteiger partial charge in [-0.2, -0.15) is 0 Å². The molecule has 1 heterocycles. The van der Waals surface area contributed by atoms with Crippen LogP contribution in [0.5, 0.6) is 0 Å². The van der Waals surface area contributed by atoms with Crippen molar-refractivity contribution < 1.29 is 9.18 Å². The first-order valence-electron chi connectivity index (χ1n) is 6.54. The molecule has 0 atom stereocenters. The van der Waals surface area contributed by atoms with Gasteiger partial charge in [0.1, 0.15) is 11.6 Å². The molecule has 2 aromatic carbocycles. The summed E-state index contributed by atoms with van der Waals surface area (Å²) in [7, 11) is 1.95. The molecule has 5 heteroatoms. The number of nitrogens with zero attached hydrogens (tertiary/aromatic N) is 2. The molecule has 0 saturated carbocycles. The van der Waals surface area contributed by atoms with Crippen molar-refractivity contribution in [3.63, 3.8) is 0 Å². The number of amides is 1. The minimum atomic E-state index is -0.364. The second kappa shape index (κ2) is 5.01. The number of hydrogen-bond acceptors (Lipinski definition) is 2. The number of anilines is 1. The van der Waals surface area contributed by atoms with E-state index in [1.165, 1.54) is 24.3 Å². The zero-order valence-corrected chi connectivity index (χ0v) is 11.7. The quantitative estimate of drug-likeness (QED) is 0.784. The fraction of sp³-hybridized carbons (Fsp3) is 0.125. The summed E-state index contributed by atoms with van der Waals surface area (Å²) in [6.45, 7) is 1.93. The van der Waals surface area contributed by atoms with Gasteiger partial charge in [-0.1, -0.05) is 0 Å². The lowest BCUT2D eigenvalue weighted by Crippen LogP contribution is -2.11. The minimum absolute atomic E-state index is 0.276. The number of rotatable bonds is 2. The standard InChI is InChI=1S/C16H14FN3O/c1-10-18-14-9-13(7-8-15(14)20(10)2)19-16(21)11-3-5-12(17)6-4-11/h3-9H,1-2H3,(H,19,21). The summed E-state index contributed by atoms with van der Waals surface area (Å²) >= 11 is 0. The number of imidazole rings is 1. The first-order chi connectivity index (χ1) is 10.0. The number of halogens is 1. The summed E-state index contributed by atoms with van der Waals surface area (Å²) in [5, 5.41) is 2.79. The van der Waals surface area contributed by atoms with Gasteiger partial charge in [-0.15, -0.1) is 0 Å². The van der Waals surface area contributed by atoms with Crippen LogP contribution >= 0.6 is 0 Å². The van der Waals surface area contributed by atoms with E-state index < -0.39 is 0 Å². The number of carbonyl (C=O) groups excluding carboxylic acids is 1. The second-order valence-electron chi connectivity index (χ2n) is 4.88. The van der Waals surface area contributed by atoms with Crippen molar-refractivity contribution in [1.29, 1.82) is 0 Å². The Morgan fingerprint density at radius 2 is 1.90 bits per heavy atom. The maximum atomic E-state index is 12.8. The normalized spacial score (nSPS) is 10.8. The highest BCUT2D eigenvalue weighted by molar-refractivity contribution is 6.04. The summed E-state index contributed by atoms with van der Waals surface area (Å²) in [6, 6.07) is 11.0. The summed E-state index contributed by atoms with van der Waals surface area (Å²) in [4.78, 5) is 16.5. The van der Waals surface area contributed by atoms with Crippen LogP contribution in [0.15, 0.2) is 42.5 Å². The van der Waals surface area contributed by atoms with E-state index in [-0.39, 0.29) is 11.7 Å². The Balaban J connectivity index is 1.87. The molecule has 3 rings (SSSR count). The fourth-order valence-electron chi connectivity index (χ4n) is 2.20. The highest BCUT2D eigenvalue weighted by Gasteiger charge is 2.09. The molecule has 1 amide bonds. The van der Waals surface area contributed by atoms with Crippen LogP contribution in [0.25, 0.3) is 11.0 Å². The number of fused-ring (bicyclic) bond motifs is 1. The Labute approximate surface area is 121 Å². The van der Waals surface area contributed by atoms with E-state index in [4.69, 9.17) is 0 Å². The van der Waals surface area contributed by atoms with Crippen molar-refractivity contribution in [1.82, 2.24) is 9.55 Å². The van der Waals surface area contributed by atoms with Gasteiger partial charge in [-0.3, -0.25) is 4.79 Å². The van der Waals surface area contributed by atoms with Gasteiger partial charge in [0.05, 0.1) is 11.0 Å². The van der Waals surface area contributed by atoms with Crippen LogP contribution in [-0.4, -0.2) is 15.5 Å². The highest BCUT2D eigenvalue weighted by Crippen LogP contribution is 2.20. The van der Waals surface area contributed by atoms with Gasteiger partial charge in [0.2, 0.25) is 0 Å². The molecule has 0 bridgehead atoms. The van der Waals surface area contributed by atoms with Gasteiger partial charge in [0.25, 0.3) is 5.91 Å². The van der Waals surface area contributed by atoms with Crippen LogP contribution in [0.3, 0.4) is 0 Å². The third kappa shape index (κ3) is 2.50. The molecule has 0 aliphatic rings. The average Bonchev–Trinajstić information content (AvgIpc) is 2.74. The van der Waals surface area contributed by atoms with Gasteiger partial charge in [-0.05, 0) is 49.4 Å². The van der Waals surface area contributed by atoms with E-state index in [0.29, 0.717) is 11.3 Å². The van der Waals surface area contributed by atoms with Crippen molar-refractivity contribution in [2.75, 3.05) is 5.32 Å². The lowest BCUT2D eigenvalue weighted by Gasteiger charge is -2.05. The predicted octanol–water partition coefficient (Wildman–Crippen LogP) is 3.27. The molecular weight excluding hydrogens is 269 g/mol. The molecule has 1 aromatic heterocycles. The lowest BCUT2D eigenvalue weighted by atomic mass is 10.2. The minimum Gasteiger partial charge on any atom is -0.331 e. The molecule has 0 unspecified atom stereocenters. The van der Waals surface area contributed by atoms with Crippen LogP contribution in [0, 0.1) is 12.7 Å². The summed E-state index contributed by atoms with van der Waals surface area (Å²) in [5.41, 5.74) is 2.91. The molecule has 0 fully saturated rings. The molecule has 0 spiro atoms. The number of nitrogens with one attached hydrogen (secondary N) is 1. The van der Waals surface area contributed by atoms with E-state index in [9.17, 15) is 9.18 Å². The van der Waals surface area contributed by atoms with Crippen molar-refractivity contribution >= 4 is 22.6 Å². The largest absolute Gasteiger partial charge is 0.331 e. The van der Waals surface area contributed by atoms with Gasteiger partial charge in [0.15, 0.2) is 0 Å². The topological polar surface area (TPSA) is 46.9 Å². The number of aromatic nitrogens is 2. The Bertz CT molecular complexity index is 821. The second-order valence-corrected chi connectivity index (χ2v) is 4.88. The van der Waals surface area contributed by atoms with Crippen molar-refractivity contribution in [3.05, 3.63) is 59.7 Å². The molecule has 106 valence electrons. The maximum Gasteiger partial charge on any atom is 0.255 e. The summed E-state index contributed by atoms with van der Waals surface area (Å²) < 4.78 is 14.8. The fourth-order valence-corrected chi connectivity index (χ4v) is 2.20. The zero-order valence-electron chi connectivity index (χ0n) is 11.7. The smallest absolute Gasteiger partial charge is 0.255 e. The van der Waals surface area contributed by atoms with E-state index in [1.807, 2.05) is 36.7 Å². The SMILES string of the molecule is Cc1nc2cc(NC(=O)c3ccc(F)cc3)ccc2n1C. The lowest BCUT2D eigenvalue weighted by molar-refractivity contribution is 0.102. The third-order valence-electron chi connectivity index (χ3n) is 3.47. The monoisotopic (exact) mass is 283 g/mol. The molecular formula is C16H14FN3O. The van der Waals surface area contributed by atoms with Crippen molar-refractivity contribution in [2.45, 2.75) is 6.92 Å². The molecule has 21 heavy (non-hydrogen) atoms. The maximum absolute atomic E-state index is 12.8.